The Labute approximate surface area is 156 Å². The zero-order valence-corrected chi connectivity index (χ0v) is 16.4. The lowest BCUT2D eigenvalue weighted by atomic mass is 10.1. The van der Waals surface area contributed by atoms with Gasteiger partial charge in [-0.15, -0.1) is 0 Å². The summed E-state index contributed by atoms with van der Waals surface area (Å²) in [6, 6.07) is 9.69. The van der Waals surface area contributed by atoms with Crippen LogP contribution < -0.4 is 14.3 Å². The molecule has 26 heavy (non-hydrogen) atoms. The number of fused-ring (bicyclic) bond motifs is 1. The molecule has 0 atom stereocenters. The monoisotopic (exact) mass is 370 g/mol. The van der Waals surface area contributed by atoms with E-state index in [2.05, 4.69) is 31.0 Å². The van der Waals surface area contributed by atoms with E-state index in [1.165, 1.54) is 22.5 Å². The van der Waals surface area contributed by atoms with Crippen LogP contribution in [0.1, 0.15) is 16.7 Å². The molecule has 0 aliphatic rings. The second kappa shape index (κ2) is 7.33. The van der Waals surface area contributed by atoms with Gasteiger partial charge in [0.1, 0.15) is 11.5 Å². The highest BCUT2D eigenvalue weighted by atomic mass is 32.1. The van der Waals surface area contributed by atoms with E-state index in [0.29, 0.717) is 16.3 Å². The van der Waals surface area contributed by atoms with Crippen LogP contribution in [0.15, 0.2) is 35.3 Å². The maximum atomic E-state index is 12.5. The Morgan fingerprint density at radius 3 is 2.62 bits per heavy atom. The van der Waals surface area contributed by atoms with Crippen LogP contribution in [0.5, 0.6) is 11.5 Å². The zero-order chi connectivity index (χ0) is 18.8. The van der Waals surface area contributed by atoms with Gasteiger partial charge in [0.2, 0.25) is 0 Å². The van der Waals surface area contributed by atoms with Crippen LogP contribution in [-0.4, -0.2) is 24.7 Å². The molecule has 0 saturated heterocycles. The molecule has 2 aromatic carbocycles. The van der Waals surface area contributed by atoms with Gasteiger partial charge in [0.05, 0.1) is 30.9 Å². The highest BCUT2D eigenvalue weighted by Crippen LogP contribution is 2.25. The van der Waals surface area contributed by atoms with Crippen molar-refractivity contribution in [2.24, 2.45) is 12.0 Å². The van der Waals surface area contributed by atoms with Crippen LogP contribution in [0.2, 0.25) is 0 Å². The number of thiazole rings is 1. The van der Waals surface area contributed by atoms with E-state index in [-0.39, 0.29) is 12.3 Å². The van der Waals surface area contributed by atoms with Gasteiger partial charge in [-0.1, -0.05) is 23.5 Å². The summed E-state index contributed by atoms with van der Waals surface area (Å²) in [5.74, 6) is 1.11. The maximum absolute atomic E-state index is 12.5. The third-order valence-electron chi connectivity index (χ3n) is 4.29. The quantitative estimate of drug-likeness (QED) is 0.706. The number of amides is 1. The second-order valence-corrected chi connectivity index (χ2v) is 7.24. The summed E-state index contributed by atoms with van der Waals surface area (Å²) in [6.07, 6.45) is 0.180. The van der Waals surface area contributed by atoms with Crippen LogP contribution >= 0.6 is 11.3 Å². The van der Waals surface area contributed by atoms with Gasteiger partial charge in [-0.2, -0.15) is 4.99 Å². The van der Waals surface area contributed by atoms with Gasteiger partial charge >= 0.3 is 0 Å². The third kappa shape index (κ3) is 3.51. The van der Waals surface area contributed by atoms with Crippen LogP contribution in [0.25, 0.3) is 10.2 Å². The third-order valence-corrected chi connectivity index (χ3v) is 5.37. The van der Waals surface area contributed by atoms with Gasteiger partial charge in [-0.05, 0) is 37.1 Å². The number of hydrogen-bond acceptors (Lipinski definition) is 4. The van der Waals surface area contributed by atoms with Gasteiger partial charge in [-0.3, -0.25) is 4.79 Å². The Kier molecular flexibility index (Phi) is 5.13. The number of ether oxygens (including phenoxy) is 2. The molecular formula is C20H22N2O3S. The van der Waals surface area contributed by atoms with E-state index in [4.69, 9.17) is 9.47 Å². The number of hydrogen-bond donors (Lipinski definition) is 0. The molecule has 6 heteroatoms. The van der Waals surface area contributed by atoms with Crippen molar-refractivity contribution in [1.82, 2.24) is 4.57 Å². The summed E-state index contributed by atoms with van der Waals surface area (Å²) < 4.78 is 13.7. The molecule has 1 aromatic heterocycles. The molecule has 0 spiro atoms. The average Bonchev–Trinajstić information content (AvgIpc) is 2.90. The number of nitrogens with zero attached hydrogens (tertiary/aromatic N) is 2. The molecule has 0 unspecified atom stereocenters. The molecule has 0 bridgehead atoms. The minimum Gasteiger partial charge on any atom is -0.497 e. The lowest BCUT2D eigenvalue weighted by Gasteiger charge is -2.08. The van der Waals surface area contributed by atoms with Crippen molar-refractivity contribution in [3.63, 3.8) is 0 Å². The van der Waals surface area contributed by atoms with Crippen molar-refractivity contribution in [3.05, 3.63) is 51.8 Å². The Balaban J connectivity index is 1.96. The van der Waals surface area contributed by atoms with Crippen LogP contribution in [-0.2, 0) is 18.3 Å². The molecule has 3 aromatic rings. The first kappa shape index (κ1) is 18.2. The number of benzene rings is 2. The Hall–Kier alpha value is -2.60. The number of rotatable bonds is 4. The van der Waals surface area contributed by atoms with Gasteiger partial charge in [-0.25, -0.2) is 0 Å². The minimum atomic E-state index is -0.204. The molecule has 0 fully saturated rings. The van der Waals surface area contributed by atoms with E-state index < -0.39 is 0 Å². The Bertz CT molecular complexity index is 1050. The fraction of sp³-hybridized carbons (Fsp3) is 0.300. The summed E-state index contributed by atoms with van der Waals surface area (Å²) in [4.78, 5) is 17.6. The molecule has 1 heterocycles. The molecule has 0 aliphatic heterocycles. The number of carbonyl (C=O) groups excluding carboxylic acids is 1. The van der Waals surface area contributed by atoms with Gasteiger partial charge in [0, 0.05) is 18.7 Å². The highest BCUT2D eigenvalue weighted by molar-refractivity contribution is 7.16. The van der Waals surface area contributed by atoms with Gasteiger partial charge < -0.3 is 14.0 Å². The normalized spacial score (nSPS) is 11.8. The predicted octanol–water partition coefficient (Wildman–Crippen LogP) is 3.54. The van der Waals surface area contributed by atoms with E-state index >= 15 is 0 Å². The van der Waals surface area contributed by atoms with Crippen molar-refractivity contribution >= 4 is 27.5 Å². The molecular weight excluding hydrogens is 348 g/mol. The van der Waals surface area contributed by atoms with Crippen molar-refractivity contribution in [2.75, 3.05) is 14.2 Å². The SMILES string of the molecule is COc1ccc(CC(=O)N=c2sc3cc(C)cc(C)c3n2C)c(OC)c1. The van der Waals surface area contributed by atoms with Crippen molar-refractivity contribution in [2.45, 2.75) is 20.3 Å². The summed E-state index contributed by atoms with van der Waals surface area (Å²) in [5, 5.41) is 0. The van der Waals surface area contributed by atoms with Gasteiger partial charge in [0.25, 0.3) is 5.91 Å². The molecule has 0 N–H and O–H groups in total. The number of aryl methyl sites for hydroxylation is 3. The minimum absolute atomic E-state index is 0.180. The Morgan fingerprint density at radius 2 is 1.92 bits per heavy atom. The van der Waals surface area contributed by atoms with Crippen molar-refractivity contribution in [3.8, 4) is 11.5 Å². The lowest BCUT2D eigenvalue weighted by molar-refractivity contribution is -0.117. The Morgan fingerprint density at radius 1 is 1.15 bits per heavy atom. The smallest absolute Gasteiger partial charge is 0.252 e. The summed E-state index contributed by atoms with van der Waals surface area (Å²) in [7, 11) is 5.12. The average molecular weight is 370 g/mol. The number of carbonyl (C=O) groups is 1. The predicted molar refractivity (Wildman–Crippen MR) is 104 cm³/mol. The molecule has 0 aliphatic carbocycles. The number of aromatic nitrogens is 1. The largest absolute Gasteiger partial charge is 0.497 e. The standard InChI is InChI=1S/C20H22N2O3S/c1-12-8-13(2)19-17(9-12)26-20(22(19)3)21-18(23)10-14-6-7-15(24-4)11-16(14)25-5/h6-9,11H,10H2,1-5H3. The van der Waals surface area contributed by atoms with E-state index in [9.17, 15) is 4.79 Å². The van der Waals surface area contributed by atoms with Crippen LogP contribution in [0, 0.1) is 13.8 Å². The molecule has 136 valence electrons. The zero-order valence-electron chi connectivity index (χ0n) is 15.6. The fourth-order valence-electron chi connectivity index (χ4n) is 3.10. The first-order chi connectivity index (χ1) is 12.4. The van der Waals surface area contributed by atoms with Crippen molar-refractivity contribution < 1.29 is 14.3 Å². The lowest BCUT2D eigenvalue weighted by Crippen LogP contribution is -2.14. The first-order valence-corrected chi connectivity index (χ1v) is 9.10. The van der Waals surface area contributed by atoms with Crippen LogP contribution in [0.3, 0.4) is 0 Å². The van der Waals surface area contributed by atoms with E-state index in [0.717, 1.165) is 15.8 Å². The van der Waals surface area contributed by atoms with Crippen molar-refractivity contribution in [1.29, 1.82) is 0 Å². The molecule has 5 nitrogen and oxygen atoms in total. The van der Waals surface area contributed by atoms with Gasteiger partial charge in [0.15, 0.2) is 4.80 Å². The fourth-order valence-corrected chi connectivity index (χ4v) is 4.31. The first-order valence-electron chi connectivity index (χ1n) is 8.28. The summed E-state index contributed by atoms with van der Waals surface area (Å²) in [5.41, 5.74) is 4.30. The summed E-state index contributed by atoms with van der Waals surface area (Å²) in [6.45, 7) is 4.15. The summed E-state index contributed by atoms with van der Waals surface area (Å²) >= 11 is 1.53. The number of methoxy groups -OCH3 is 2. The topological polar surface area (TPSA) is 52.8 Å². The maximum Gasteiger partial charge on any atom is 0.252 e. The second-order valence-electron chi connectivity index (χ2n) is 6.23. The van der Waals surface area contributed by atoms with Crippen LogP contribution in [0.4, 0.5) is 0 Å². The molecule has 3 rings (SSSR count). The highest BCUT2D eigenvalue weighted by Gasteiger charge is 2.11. The van der Waals surface area contributed by atoms with E-state index in [1.54, 1.807) is 20.3 Å². The van der Waals surface area contributed by atoms with E-state index in [1.807, 2.05) is 23.7 Å². The molecule has 0 saturated carbocycles. The molecule has 1 amide bonds. The molecule has 0 radical (unpaired) electrons.